The summed E-state index contributed by atoms with van der Waals surface area (Å²) in [6.45, 7) is 0. The summed E-state index contributed by atoms with van der Waals surface area (Å²) < 4.78 is 0. The van der Waals surface area contributed by atoms with E-state index in [1.54, 1.807) is 0 Å². The van der Waals surface area contributed by atoms with Crippen LogP contribution in [-0.2, 0) is 0 Å². The molecular formula is C2H8Cl2Te. The van der Waals surface area contributed by atoms with Gasteiger partial charge in [-0.1, -0.05) is 0 Å². The van der Waals surface area contributed by atoms with E-state index in [0.29, 0.717) is 20.9 Å². The predicted octanol–water partition coefficient (Wildman–Crippen LogP) is 1.63. The van der Waals surface area contributed by atoms with Gasteiger partial charge in [-0.3, -0.25) is 0 Å². The normalized spacial score (nSPS) is 3.60. The number of halogens is 2. The molecule has 0 aliphatic rings. The molecule has 0 unspecified atom stereocenters. The molecular weight excluding hydrogens is 223 g/mol. The molecule has 0 aromatic heterocycles. The molecule has 0 radical (unpaired) electrons. The monoisotopic (exact) mass is 232 g/mol. The van der Waals surface area contributed by atoms with E-state index in [1.807, 2.05) is 0 Å². The third-order valence-corrected chi connectivity index (χ3v) is 0. The molecule has 0 aliphatic carbocycles. The van der Waals surface area contributed by atoms with E-state index in [9.17, 15) is 0 Å². The van der Waals surface area contributed by atoms with E-state index in [2.05, 4.69) is 9.94 Å². The van der Waals surface area contributed by atoms with Gasteiger partial charge < -0.3 is 0 Å². The molecule has 0 aromatic carbocycles. The molecule has 36 valence electrons. The van der Waals surface area contributed by atoms with Crippen LogP contribution >= 0.6 is 24.8 Å². The fraction of sp³-hybridized carbons (Fsp3) is 1.00. The summed E-state index contributed by atoms with van der Waals surface area (Å²) >= 11 is 0.470. The second-order valence-electron chi connectivity index (χ2n) is 0.408. The Morgan fingerprint density at radius 2 is 1.00 bits per heavy atom. The van der Waals surface area contributed by atoms with Crippen LogP contribution < -0.4 is 0 Å². The van der Waals surface area contributed by atoms with E-state index >= 15 is 0 Å². The molecule has 5 heavy (non-hydrogen) atoms. The third kappa shape index (κ3) is 32.5. The molecule has 0 rings (SSSR count). The summed E-state index contributed by atoms with van der Waals surface area (Å²) in [4.78, 5) is 4.51. The molecule has 0 saturated heterocycles. The van der Waals surface area contributed by atoms with Crippen LogP contribution in [0.2, 0.25) is 9.94 Å². The van der Waals surface area contributed by atoms with Crippen LogP contribution in [-0.4, -0.2) is 20.9 Å². The Morgan fingerprint density at radius 3 is 1.00 bits per heavy atom. The van der Waals surface area contributed by atoms with Crippen molar-refractivity contribution in [2.45, 2.75) is 9.94 Å². The second kappa shape index (κ2) is 18.3. The van der Waals surface area contributed by atoms with Gasteiger partial charge in [0.15, 0.2) is 0 Å². The molecule has 0 saturated carbocycles. The minimum Gasteiger partial charge on any atom is -0.147 e. The van der Waals surface area contributed by atoms with E-state index in [0.717, 1.165) is 0 Å². The standard InChI is InChI=1S/C2H6Te.2ClH/c1-3-2;;/h1-2H3;2*1H. The zero-order chi connectivity index (χ0) is 2.71. The number of hydrogen-bond donors (Lipinski definition) is 0. The summed E-state index contributed by atoms with van der Waals surface area (Å²) in [6.07, 6.45) is 0. The Balaban J connectivity index is -0.0000000200. The molecule has 0 nitrogen and oxygen atoms in total. The van der Waals surface area contributed by atoms with Gasteiger partial charge in [-0.15, -0.1) is 24.8 Å². The van der Waals surface area contributed by atoms with Crippen LogP contribution in [0.5, 0.6) is 0 Å². The maximum Gasteiger partial charge on any atom is -0.147 e. The first-order valence-corrected chi connectivity index (χ1v) is 5.48. The van der Waals surface area contributed by atoms with E-state index in [-0.39, 0.29) is 24.8 Å². The molecule has 0 heterocycles. The summed E-state index contributed by atoms with van der Waals surface area (Å²) in [5.41, 5.74) is 0. The van der Waals surface area contributed by atoms with Crippen LogP contribution in [0.3, 0.4) is 0 Å². The van der Waals surface area contributed by atoms with Crippen molar-refractivity contribution < 1.29 is 0 Å². The number of rotatable bonds is 0. The van der Waals surface area contributed by atoms with Gasteiger partial charge in [0.2, 0.25) is 0 Å². The Kier molecular flexibility index (Phi) is 59.1. The van der Waals surface area contributed by atoms with Gasteiger partial charge in [-0.05, 0) is 0 Å². The minimum atomic E-state index is 0. The Bertz CT molecular complexity index is 7.61. The number of hydrogen-bond acceptors (Lipinski definition) is 0. The summed E-state index contributed by atoms with van der Waals surface area (Å²) in [6, 6.07) is 0. The zero-order valence-electron chi connectivity index (χ0n) is 3.22. The molecule has 0 spiro atoms. The molecule has 0 fully saturated rings. The van der Waals surface area contributed by atoms with Crippen molar-refractivity contribution in [1.29, 1.82) is 0 Å². The summed E-state index contributed by atoms with van der Waals surface area (Å²) in [5.74, 6) is 0. The van der Waals surface area contributed by atoms with E-state index in [4.69, 9.17) is 0 Å². The van der Waals surface area contributed by atoms with E-state index in [1.165, 1.54) is 0 Å². The van der Waals surface area contributed by atoms with Crippen LogP contribution in [0.1, 0.15) is 0 Å². The summed E-state index contributed by atoms with van der Waals surface area (Å²) in [7, 11) is 0. The first-order valence-electron chi connectivity index (χ1n) is 0.816. The topological polar surface area (TPSA) is 0 Å². The molecule has 0 amide bonds. The Hall–Kier alpha value is 1.37. The van der Waals surface area contributed by atoms with Crippen molar-refractivity contribution in [3.05, 3.63) is 0 Å². The first kappa shape index (κ1) is 16.2. The van der Waals surface area contributed by atoms with Crippen molar-refractivity contribution >= 4 is 45.7 Å². The molecule has 3 heteroatoms. The molecule has 0 aliphatic heterocycles. The fourth-order valence-corrected chi connectivity index (χ4v) is 0. The van der Waals surface area contributed by atoms with Crippen molar-refractivity contribution in [2.75, 3.05) is 0 Å². The Morgan fingerprint density at radius 1 is 1.00 bits per heavy atom. The fourth-order valence-electron chi connectivity index (χ4n) is 0. The van der Waals surface area contributed by atoms with Crippen molar-refractivity contribution in [2.24, 2.45) is 0 Å². The SMILES string of the molecule is C[Te]C.Cl.Cl. The smallest absolute Gasteiger partial charge is 0.147 e. The van der Waals surface area contributed by atoms with Crippen LogP contribution in [0.15, 0.2) is 0 Å². The average molecular weight is 231 g/mol. The van der Waals surface area contributed by atoms with Crippen LogP contribution in [0.25, 0.3) is 0 Å². The van der Waals surface area contributed by atoms with Gasteiger partial charge >= 0.3 is 30.9 Å². The van der Waals surface area contributed by atoms with Gasteiger partial charge in [0.25, 0.3) is 0 Å². The van der Waals surface area contributed by atoms with E-state index < -0.39 is 0 Å². The van der Waals surface area contributed by atoms with Crippen LogP contribution in [0.4, 0.5) is 0 Å². The van der Waals surface area contributed by atoms with Gasteiger partial charge in [-0.25, -0.2) is 0 Å². The van der Waals surface area contributed by atoms with Gasteiger partial charge in [0.1, 0.15) is 0 Å². The molecule has 0 bridgehead atoms. The molecule has 0 atom stereocenters. The zero-order valence-corrected chi connectivity index (χ0v) is 7.19. The predicted molar refractivity (Wildman–Crippen MR) is 32.0 cm³/mol. The maximum atomic E-state index is 2.26. The molecule has 0 N–H and O–H groups in total. The largest absolute Gasteiger partial charge is 0.147 e. The van der Waals surface area contributed by atoms with Crippen molar-refractivity contribution in [1.82, 2.24) is 0 Å². The van der Waals surface area contributed by atoms with Gasteiger partial charge in [0, 0.05) is 0 Å². The quantitative estimate of drug-likeness (QED) is 0.555. The molecule has 0 aromatic rings. The Labute approximate surface area is 55.6 Å². The third-order valence-electron chi connectivity index (χ3n) is 0. The van der Waals surface area contributed by atoms with Crippen molar-refractivity contribution in [3.8, 4) is 0 Å². The maximum absolute atomic E-state index is 2.26. The summed E-state index contributed by atoms with van der Waals surface area (Å²) in [5, 5.41) is 0. The van der Waals surface area contributed by atoms with Gasteiger partial charge in [-0.2, -0.15) is 0 Å². The van der Waals surface area contributed by atoms with Crippen molar-refractivity contribution in [3.63, 3.8) is 0 Å². The second-order valence-corrected chi connectivity index (χ2v) is 2.74. The van der Waals surface area contributed by atoms with Gasteiger partial charge in [0.05, 0.1) is 0 Å². The first-order chi connectivity index (χ1) is 1.41. The average Bonchev–Trinajstić information content (AvgIpc) is 0.918. The minimum absolute atomic E-state index is 0. The van der Waals surface area contributed by atoms with Crippen LogP contribution in [0, 0.1) is 0 Å².